The SMILES string of the molecule is CSCC(=O)Cc1ccc(Br)s1. The lowest BCUT2D eigenvalue weighted by Crippen LogP contribution is -2.03. The standard InChI is InChI=1S/C8H9BrOS2/c1-11-5-6(10)4-7-2-3-8(9)12-7/h2-3H,4-5H2,1H3. The van der Waals surface area contributed by atoms with Crippen LogP contribution in [0, 0.1) is 0 Å². The van der Waals surface area contributed by atoms with Crippen LogP contribution in [0.4, 0.5) is 0 Å². The van der Waals surface area contributed by atoms with Crippen LogP contribution >= 0.6 is 39.0 Å². The van der Waals surface area contributed by atoms with Crippen LogP contribution in [0.2, 0.25) is 0 Å². The van der Waals surface area contributed by atoms with Crippen LogP contribution in [-0.2, 0) is 11.2 Å². The molecule has 0 saturated heterocycles. The van der Waals surface area contributed by atoms with Gasteiger partial charge in [-0.05, 0) is 34.3 Å². The maximum Gasteiger partial charge on any atom is 0.147 e. The van der Waals surface area contributed by atoms with Crippen molar-refractivity contribution in [2.24, 2.45) is 0 Å². The third-order valence-corrected chi connectivity index (χ3v) is 3.54. The van der Waals surface area contributed by atoms with Gasteiger partial charge >= 0.3 is 0 Å². The van der Waals surface area contributed by atoms with Gasteiger partial charge in [-0.2, -0.15) is 11.8 Å². The van der Waals surface area contributed by atoms with Crippen LogP contribution in [0.25, 0.3) is 0 Å². The van der Waals surface area contributed by atoms with Crippen LogP contribution in [-0.4, -0.2) is 17.8 Å². The first-order valence-electron chi connectivity index (χ1n) is 3.47. The Morgan fingerprint density at radius 3 is 2.92 bits per heavy atom. The lowest BCUT2D eigenvalue weighted by molar-refractivity contribution is -0.115. The van der Waals surface area contributed by atoms with E-state index in [1.165, 1.54) is 0 Å². The van der Waals surface area contributed by atoms with Crippen LogP contribution in [0.3, 0.4) is 0 Å². The number of Topliss-reactive ketones (excluding diaryl/α,β-unsaturated/α-hetero) is 1. The molecule has 0 bridgehead atoms. The summed E-state index contributed by atoms with van der Waals surface area (Å²) in [5.74, 6) is 0.923. The van der Waals surface area contributed by atoms with Crippen molar-refractivity contribution >= 4 is 44.8 Å². The first-order valence-corrected chi connectivity index (χ1v) is 6.47. The molecule has 0 aliphatic heterocycles. The van der Waals surface area contributed by atoms with Gasteiger partial charge in [-0.3, -0.25) is 4.79 Å². The Kier molecular flexibility index (Phi) is 4.32. The van der Waals surface area contributed by atoms with E-state index < -0.39 is 0 Å². The van der Waals surface area contributed by atoms with E-state index in [1.54, 1.807) is 23.1 Å². The maximum absolute atomic E-state index is 11.2. The minimum Gasteiger partial charge on any atom is -0.298 e. The van der Waals surface area contributed by atoms with Gasteiger partial charge in [0.2, 0.25) is 0 Å². The average Bonchev–Trinajstić information content (AvgIpc) is 2.36. The number of carbonyl (C=O) groups excluding carboxylic acids is 1. The van der Waals surface area contributed by atoms with E-state index >= 15 is 0 Å². The Morgan fingerprint density at radius 1 is 1.67 bits per heavy atom. The molecule has 1 aromatic heterocycles. The maximum atomic E-state index is 11.2. The van der Waals surface area contributed by atoms with Gasteiger partial charge in [-0.25, -0.2) is 0 Å². The minimum absolute atomic E-state index is 0.303. The molecule has 4 heteroatoms. The van der Waals surface area contributed by atoms with Crippen LogP contribution in [0.1, 0.15) is 4.88 Å². The zero-order chi connectivity index (χ0) is 8.97. The summed E-state index contributed by atoms with van der Waals surface area (Å²) >= 11 is 6.57. The second kappa shape index (κ2) is 5.04. The molecule has 0 aliphatic rings. The van der Waals surface area contributed by atoms with Crippen molar-refractivity contribution in [1.82, 2.24) is 0 Å². The molecule has 0 radical (unpaired) electrons. The van der Waals surface area contributed by atoms with Crippen molar-refractivity contribution in [3.8, 4) is 0 Å². The average molecular weight is 265 g/mol. The van der Waals surface area contributed by atoms with Crippen LogP contribution in [0.15, 0.2) is 15.9 Å². The number of halogens is 1. The predicted octanol–water partition coefficient (Wildman–Crippen LogP) is 2.99. The second-order valence-electron chi connectivity index (χ2n) is 2.35. The Morgan fingerprint density at radius 2 is 2.42 bits per heavy atom. The highest BCUT2D eigenvalue weighted by Gasteiger charge is 2.04. The van der Waals surface area contributed by atoms with E-state index in [0.29, 0.717) is 18.0 Å². The summed E-state index contributed by atoms with van der Waals surface area (Å²) in [5.41, 5.74) is 0. The molecule has 12 heavy (non-hydrogen) atoms. The first kappa shape index (κ1) is 10.3. The van der Waals surface area contributed by atoms with Crippen molar-refractivity contribution < 1.29 is 4.79 Å². The lowest BCUT2D eigenvalue weighted by Gasteiger charge is -1.93. The third-order valence-electron chi connectivity index (χ3n) is 1.31. The van der Waals surface area contributed by atoms with Gasteiger partial charge in [0.15, 0.2) is 0 Å². The zero-order valence-corrected chi connectivity index (χ0v) is 9.89. The lowest BCUT2D eigenvalue weighted by atomic mass is 10.3. The number of thioether (sulfide) groups is 1. The second-order valence-corrected chi connectivity index (χ2v) is 5.77. The van der Waals surface area contributed by atoms with Gasteiger partial charge in [0.05, 0.1) is 9.54 Å². The summed E-state index contributed by atoms with van der Waals surface area (Å²) in [6.45, 7) is 0. The van der Waals surface area contributed by atoms with Gasteiger partial charge in [0.25, 0.3) is 0 Å². The molecular formula is C8H9BrOS2. The summed E-state index contributed by atoms with van der Waals surface area (Å²) in [6, 6.07) is 3.97. The van der Waals surface area contributed by atoms with E-state index in [0.717, 1.165) is 8.66 Å². The monoisotopic (exact) mass is 264 g/mol. The summed E-state index contributed by atoms with van der Waals surface area (Å²) in [6.07, 6.45) is 2.53. The smallest absolute Gasteiger partial charge is 0.147 e. The van der Waals surface area contributed by atoms with Crippen molar-refractivity contribution in [1.29, 1.82) is 0 Å². The summed E-state index contributed by atoms with van der Waals surface area (Å²) in [5, 5.41) is 0. The highest BCUT2D eigenvalue weighted by Crippen LogP contribution is 2.22. The minimum atomic E-state index is 0.303. The van der Waals surface area contributed by atoms with E-state index in [4.69, 9.17) is 0 Å². The fourth-order valence-electron chi connectivity index (χ4n) is 0.853. The molecule has 0 N–H and O–H groups in total. The molecule has 0 aliphatic carbocycles. The Balaban J connectivity index is 2.46. The quantitative estimate of drug-likeness (QED) is 0.832. The topological polar surface area (TPSA) is 17.1 Å². The van der Waals surface area contributed by atoms with Crippen molar-refractivity contribution in [2.75, 3.05) is 12.0 Å². The molecule has 1 nitrogen and oxygen atoms in total. The molecule has 66 valence electrons. The summed E-state index contributed by atoms with van der Waals surface area (Å²) in [4.78, 5) is 12.3. The third kappa shape index (κ3) is 3.29. The Labute approximate surface area is 88.7 Å². The van der Waals surface area contributed by atoms with Crippen LogP contribution < -0.4 is 0 Å². The molecule has 0 atom stereocenters. The molecule has 1 heterocycles. The molecule has 1 aromatic rings. The summed E-state index contributed by atoms with van der Waals surface area (Å²) in [7, 11) is 0. The largest absolute Gasteiger partial charge is 0.298 e. The number of hydrogen-bond donors (Lipinski definition) is 0. The highest BCUT2D eigenvalue weighted by molar-refractivity contribution is 9.11. The molecule has 0 saturated carbocycles. The van der Waals surface area contributed by atoms with Crippen LogP contribution in [0.5, 0.6) is 0 Å². The highest BCUT2D eigenvalue weighted by atomic mass is 79.9. The normalized spacial score (nSPS) is 10.2. The van der Waals surface area contributed by atoms with Gasteiger partial charge in [0.1, 0.15) is 5.78 Å². The van der Waals surface area contributed by atoms with Crippen molar-refractivity contribution in [3.05, 3.63) is 20.8 Å². The predicted molar refractivity (Wildman–Crippen MR) is 59.1 cm³/mol. The van der Waals surface area contributed by atoms with Crippen molar-refractivity contribution in [2.45, 2.75) is 6.42 Å². The number of ketones is 1. The van der Waals surface area contributed by atoms with Crippen molar-refractivity contribution in [3.63, 3.8) is 0 Å². The first-order chi connectivity index (χ1) is 5.72. The fourth-order valence-corrected chi connectivity index (χ4v) is 2.79. The van der Waals surface area contributed by atoms with Gasteiger partial charge in [-0.15, -0.1) is 11.3 Å². The Bertz CT molecular complexity index is 270. The van der Waals surface area contributed by atoms with Gasteiger partial charge in [-0.1, -0.05) is 0 Å². The number of carbonyl (C=O) groups is 1. The molecule has 0 amide bonds. The zero-order valence-electron chi connectivity index (χ0n) is 6.67. The van der Waals surface area contributed by atoms with E-state index in [1.807, 2.05) is 18.4 Å². The van der Waals surface area contributed by atoms with E-state index in [2.05, 4.69) is 15.9 Å². The molecule has 1 rings (SSSR count). The molecule has 0 aromatic carbocycles. The van der Waals surface area contributed by atoms with E-state index in [-0.39, 0.29) is 0 Å². The number of hydrogen-bond acceptors (Lipinski definition) is 3. The van der Waals surface area contributed by atoms with Gasteiger partial charge in [0, 0.05) is 11.3 Å². The summed E-state index contributed by atoms with van der Waals surface area (Å²) < 4.78 is 1.09. The molecule has 0 spiro atoms. The molecule has 0 unspecified atom stereocenters. The number of rotatable bonds is 4. The molecular weight excluding hydrogens is 256 g/mol. The number of thiophene rings is 1. The fraction of sp³-hybridized carbons (Fsp3) is 0.375. The van der Waals surface area contributed by atoms with Gasteiger partial charge < -0.3 is 0 Å². The van der Waals surface area contributed by atoms with E-state index in [9.17, 15) is 4.79 Å². The Hall–Kier alpha value is 0.200. The molecule has 0 fully saturated rings.